The summed E-state index contributed by atoms with van der Waals surface area (Å²) in [5.41, 5.74) is 0. The van der Waals surface area contributed by atoms with E-state index in [0.29, 0.717) is 19.4 Å². The molecule has 1 saturated carbocycles. The van der Waals surface area contributed by atoms with Crippen LogP contribution in [0, 0.1) is 5.92 Å². The van der Waals surface area contributed by atoms with Crippen LogP contribution in [0.2, 0.25) is 0 Å². The normalized spacial score (nSPS) is 25.2. The third-order valence-electron chi connectivity index (χ3n) is 2.89. The number of carbonyl (C=O) groups is 1. The van der Waals surface area contributed by atoms with Crippen molar-refractivity contribution in [2.75, 3.05) is 6.54 Å². The predicted octanol–water partition coefficient (Wildman–Crippen LogP) is 2.17. The van der Waals surface area contributed by atoms with E-state index in [9.17, 15) is 18.0 Å². The second-order valence-electron chi connectivity index (χ2n) is 4.15. The molecule has 1 rings (SSSR count). The molecule has 0 radical (unpaired) electrons. The third-order valence-corrected chi connectivity index (χ3v) is 2.89. The zero-order valence-electron chi connectivity index (χ0n) is 8.89. The first-order valence-electron chi connectivity index (χ1n) is 5.43. The maximum Gasteiger partial charge on any atom is 0.389 e. The lowest BCUT2D eigenvalue weighted by Crippen LogP contribution is -2.47. The molecule has 0 saturated heterocycles. The summed E-state index contributed by atoms with van der Waals surface area (Å²) >= 11 is 0. The van der Waals surface area contributed by atoms with Crippen molar-refractivity contribution in [3.05, 3.63) is 0 Å². The van der Waals surface area contributed by atoms with Crippen molar-refractivity contribution in [3.63, 3.8) is 0 Å². The monoisotopic (exact) mass is 239 g/mol. The molecule has 1 fully saturated rings. The largest absolute Gasteiger partial charge is 0.481 e. The Morgan fingerprint density at radius 2 is 2.00 bits per heavy atom. The van der Waals surface area contributed by atoms with Gasteiger partial charge in [0, 0.05) is 12.5 Å². The van der Waals surface area contributed by atoms with E-state index in [1.165, 1.54) is 0 Å². The van der Waals surface area contributed by atoms with Crippen LogP contribution in [-0.2, 0) is 4.79 Å². The summed E-state index contributed by atoms with van der Waals surface area (Å²) in [6.07, 6.45) is -2.85. The number of unbranched alkanes of at least 4 members (excludes halogenated alkanes) is 1. The Kier molecular flexibility index (Phi) is 4.58. The number of rotatable bonds is 6. The first-order chi connectivity index (χ1) is 7.40. The third kappa shape index (κ3) is 4.38. The molecule has 2 N–H and O–H groups in total. The van der Waals surface area contributed by atoms with E-state index in [1.54, 1.807) is 0 Å². The Labute approximate surface area is 92.0 Å². The Bertz CT molecular complexity index is 243. The van der Waals surface area contributed by atoms with Gasteiger partial charge in [0.25, 0.3) is 0 Å². The second kappa shape index (κ2) is 5.52. The Morgan fingerprint density at radius 3 is 2.44 bits per heavy atom. The number of nitrogens with one attached hydrogen (secondary N) is 1. The van der Waals surface area contributed by atoms with Gasteiger partial charge in [0.1, 0.15) is 0 Å². The van der Waals surface area contributed by atoms with Gasteiger partial charge in [-0.05, 0) is 32.2 Å². The van der Waals surface area contributed by atoms with Crippen molar-refractivity contribution in [3.8, 4) is 0 Å². The molecule has 3 nitrogen and oxygen atoms in total. The maximum atomic E-state index is 11.8. The maximum absolute atomic E-state index is 11.8. The molecule has 1 aliphatic carbocycles. The summed E-state index contributed by atoms with van der Waals surface area (Å²) in [6, 6.07) is -0.0524. The molecule has 0 aromatic heterocycles. The summed E-state index contributed by atoms with van der Waals surface area (Å²) in [5, 5.41) is 11.7. The number of aliphatic carboxylic acids is 1. The molecule has 0 bridgehead atoms. The summed E-state index contributed by atoms with van der Waals surface area (Å²) in [5.74, 6) is -1.18. The van der Waals surface area contributed by atoms with E-state index in [4.69, 9.17) is 5.11 Å². The van der Waals surface area contributed by atoms with Crippen LogP contribution in [-0.4, -0.2) is 29.8 Å². The van der Waals surface area contributed by atoms with Crippen LogP contribution in [0.1, 0.15) is 32.1 Å². The van der Waals surface area contributed by atoms with Gasteiger partial charge in [-0.1, -0.05) is 0 Å². The zero-order valence-corrected chi connectivity index (χ0v) is 8.89. The topological polar surface area (TPSA) is 49.3 Å². The standard InChI is InChI=1S/C10H16F3NO2/c11-10(12,13)5-1-2-6-14-8-4-3-7(8)9(15)16/h7-8,14H,1-6H2,(H,15,16). The average Bonchev–Trinajstić information content (AvgIpc) is 2.05. The highest BCUT2D eigenvalue weighted by molar-refractivity contribution is 5.72. The first-order valence-corrected chi connectivity index (χ1v) is 5.43. The van der Waals surface area contributed by atoms with Gasteiger partial charge in [-0.2, -0.15) is 13.2 Å². The van der Waals surface area contributed by atoms with Gasteiger partial charge in [0.2, 0.25) is 0 Å². The summed E-state index contributed by atoms with van der Waals surface area (Å²) in [7, 11) is 0. The van der Waals surface area contributed by atoms with Crippen molar-refractivity contribution < 1.29 is 23.1 Å². The highest BCUT2D eigenvalue weighted by atomic mass is 19.4. The number of carboxylic acids is 1. The predicted molar refractivity (Wildman–Crippen MR) is 52.1 cm³/mol. The molecule has 0 amide bonds. The zero-order chi connectivity index (χ0) is 12.2. The van der Waals surface area contributed by atoms with E-state index in [0.717, 1.165) is 6.42 Å². The molecule has 6 heteroatoms. The molecule has 2 atom stereocenters. The van der Waals surface area contributed by atoms with Gasteiger partial charge in [-0.25, -0.2) is 0 Å². The van der Waals surface area contributed by atoms with Gasteiger partial charge in [-0.3, -0.25) is 4.79 Å². The minimum Gasteiger partial charge on any atom is -0.481 e. The van der Waals surface area contributed by atoms with E-state index in [-0.39, 0.29) is 18.4 Å². The summed E-state index contributed by atoms with van der Waals surface area (Å²) < 4.78 is 35.4. The smallest absolute Gasteiger partial charge is 0.389 e. The van der Waals surface area contributed by atoms with Crippen molar-refractivity contribution in [2.24, 2.45) is 5.92 Å². The molecule has 94 valence electrons. The number of hydrogen-bond acceptors (Lipinski definition) is 2. The van der Waals surface area contributed by atoms with Crippen LogP contribution in [0.5, 0.6) is 0 Å². The molecule has 0 heterocycles. The fourth-order valence-electron chi connectivity index (χ4n) is 1.78. The van der Waals surface area contributed by atoms with Crippen molar-refractivity contribution in [2.45, 2.75) is 44.3 Å². The lowest BCUT2D eigenvalue weighted by atomic mass is 9.79. The van der Waals surface area contributed by atoms with Gasteiger partial charge in [0.15, 0.2) is 0 Å². The van der Waals surface area contributed by atoms with Gasteiger partial charge in [-0.15, -0.1) is 0 Å². The fraction of sp³-hybridized carbons (Fsp3) is 0.900. The lowest BCUT2D eigenvalue weighted by molar-refractivity contribution is -0.146. The molecule has 0 aromatic carbocycles. The molecule has 0 aromatic rings. The highest BCUT2D eigenvalue weighted by Crippen LogP contribution is 2.27. The average molecular weight is 239 g/mol. The molecule has 16 heavy (non-hydrogen) atoms. The molecule has 0 aliphatic heterocycles. The van der Waals surface area contributed by atoms with Crippen LogP contribution < -0.4 is 5.32 Å². The molecular formula is C10H16F3NO2. The van der Waals surface area contributed by atoms with Crippen LogP contribution in [0.4, 0.5) is 13.2 Å². The molecular weight excluding hydrogens is 223 g/mol. The lowest BCUT2D eigenvalue weighted by Gasteiger charge is -2.34. The van der Waals surface area contributed by atoms with Crippen molar-refractivity contribution in [1.29, 1.82) is 0 Å². The van der Waals surface area contributed by atoms with E-state index >= 15 is 0 Å². The SMILES string of the molecule is O=C(O)C1CCC1NCCCCC(F)(F)F. The quantitative estimate of drug-likeness (QED) is 0.698. The van der Waals surface area contributed by atoms with Crippen LogP contribution >= 0.6 is 0 Å². The molecule has 0 spiro atoms. The van der Waals surface area contributed by atoms with E-state index < -0.39 is 18.6 Å². The van der Waals surface area contributed by atoms with E-state index in [2.05, 4.69) is 5.32 Å². The summed E-state index contributed by atoms with van der Waals surface area (Å²) in [6.45, 7) is 0.463. The van der Waals surface area contributed by atoms with Crippen LogP contribution in [0.15, 0.2) is 0 Å². The minimum absolute atomic E-state index is 0.0524. The highest BCUT2D eigenvalue weighted by Gasteiger charge is 2.35. The Hall–Kier alpha value is -0.780. The summed E-state index contributed by atoms with van der Waals surface area (Å²) in [4.78, 5) is 10.6. The number of alkyl halides is 3. The molecule has 1 aliphatic rings. The Morgan fingerprint density at radius 1 is 1.31 bits per heavy atom. The fourth-order valence-corrected chi connectivity index (χ4v) is 1.78. The van der Waals surface area contributed by atoms with Crippen LogP contribution in [0.3, 0.4) is 0 Å². The van der Waals surface area contributed by atoms with Gasteiger partial charge >= 0.3 is 12.1 Å². The first kappa shape index (κ1) is 13.3. The van der Waals surface area contributed by atoms with Crippen molar-refractivity contribution >= 4 is 5.97 Å². The minimum atomic E-state index is -4.08. The molecule has 2 unspecified atom stereocenters. The number of halogens is 3. The van der Waals surface area contributed by atoms with Gasteiger partial charge in [0.05, 0.1) is 5.92 Å². The van der Waals surface area contributed by atoms with Crippen molar-refractivity contribution in [1.82, 2.24) is 5.32 Å². The Balaban J connectivity index is 2.02. The van der Waals surface area contributed by atoms with E-state index in [1.807, 2.05) is 0 Å². The number of hydrogen-bond donors (Lipinski definition) is 2. The van der Waals surface area contributed by atoms with Gasteiger partial charge < -0.3 is 10.4 Å². The second-order valence-corrected chi connectivity index (χ2v) is 4.15. The number of carboxylic acid groups (broad SMARTS) is 1. The van der Waals surface area contributed by atoms with Crippen LogP contribution in [0.25, 0.3) is 0 Å².